The Hall–Kier alpha value is -4.72. The number of thiophene rings is 1. The fourth-order valence-electron chi connectivity index (χ4n) is 10.0. The van der Waals surface area contributed by atoms with E-state index in [4.69, 9.17) is 14.2 Å². The summed E-state index contributed by atoms with van der Waals surface area (Å²) in [6, 6.07) is 11.2. The second-order valence-electron chi connectivity index (χ2n) is 16.9. The summed E-state index contributed by atoms with van der Waals surface area (Å²) < 4.78 is 20.9. The van der Waals surface area contributed by atoms with Crippen LogP contribution in [-0.2, 0) is 29.7 Å². The van der Waals surface area contributed by atoms with Crippen molar-refractivity contribution in [2.75, 3.05) is 46.9 Å². The number of carbonyl (C=O) groups is 3. The first-order valence-corrected chi connectivity index (χ1v) is 21.2. The van der Waals surface area contributed by atoms with E-state index in [-0.39, 0.29) is 29.9 Å². The van der Waals surface area contributed by atoms with Crippen LogP contribution in [0, 0.1) is 11.3 Å². The maximum atomic E-state index is 13.3. The van der Waals surface area contributed by atoms with E-state index in [1.165, 1.54) is 25.7 Å². The van der Waals surface area contributed by atoms with Gasteiger partial charge in [-0.15, -0.1) is 11.3 Å². The Morgan fingerprint density at radius 1 is 0.877 bits per heavy atom. The number of carbonyl (C=O) groups excluding carboxylic acids is 3. The number of fused-ring (bicyclic) bond motifs is 2. The smallest absolute Gasteiger partial charge is 0.259 e. The van der Waals surface area contributed by atoms with Gasteiger partial charge in [0, 0.05) is 55.1 Å². The van der Waals surface area contributed by atoms with Gasteiger partial charge >= 0.3 is 0 Å². The number of methoxy groups -OCH3 is 2. The van der Waals surface area contributed by atoms with Gasteiger partial charge in [0.05, 0.1) is 31.3 Å². The van der Waals surface area contributed by atoms with Crippen LogP contribution in [0.4, 0.5) is 0 Å². The molecule has 12 nitrogen and oxygen atoms in total. The molecular weight excluding hydrogens is 743 g/mol. The zero-order chi connectivity index (χ0) is 39.4. The fourth-order valence-corrected chi connectivity index (χ4v) is 10.9. The molecule has 2 aromatic heterocycles. The molecule has 6 heterocycles. The van der Waals surface area contributed by atoms with Gasteiger partial charge in [0.25, 0.3) is 11.5 Å². The molecule has 1 spiro atoms. The van der Waals surface area contributed by atoms with Crippen molar-refractivity contribution >= 4 is 39.1 Å². The van der Waals surface area contributed by atoms with E-state index in [9.17, 15) is 19.2 Å². The molecule has 1 N–H and O–H groups in total. The number of likely N-dealkylation sites (tertiary alicyclic amines) is 2. The van der Waals surface area contributed by atoms with Crippen LogP contribution in [0.5, 0.6) is 17.2 Å². The molecule has 13 heteroatoms. The van der Waals surface area contributed by atoms with E-state index >= 15 is 0 Å². The number of rotatable bonds is 10. The van der Waals surface area contributed by atoms with Crippen molar-refractivity contribution in [2.24, 2.45) is 18.4 Å². The maximum absolute atomic E-state index is 13.3. The highest BCUT2D eigenvalue weighted by Gasteiger charge is 2.47. The summed E-state index contributed by atoms with van der Waals surface area (Å²) >= 11 is 1.58. The third-order valence-electron chi connectivity index (χ3n) is 13.3. The average Bonchev–Trinajstić information content (AvgIpc) is 3.82. The van der Waals surface area contributed by atoms with Gasteiger partial charge in [-0.1, -0.05) is 6.07 Å². The summed E-state index contributed by atoms with van der Waals surface area (Å²) in [5, 5.41) is 5.07. The Labute approximate surface area is 336 Å². The molecule has 2 aromatic carbocycles. The molecule has 1 unspecified atom stereocenters. The van der Waals surface area contributed by atoms with Gasteiger partial charge in [-0.3, -0.25) is 29.4 Å². The van der Waals surface area contributed by atoms with Crippen LogP contribution < -0.4 is 25.1 Å². The fraction of sp³-hybridized carbons (Fsp3) is 0.500. The summed E-state index contributed by atoms with van der Waals surface area (Å²) in [7, 11) is 5.23. The number of piperidine rings is 3. The Balaban J connectivity index is 0.741. The van der Waals surface area contributed by atoms with E-state index in [1.54, 1.807) is 42.1 Å². The summed E-state index contributed by atoms with van der Waals surface area (Å²) in [5.74, 6) is 2.16. The number of hydrogen-bond donors (Lipinski definition) is 1. The number of hydrogen-bond acceptors (Lipinski definition) is 10. The third-order valence-corrected chi connectivity index (χ3v) is 14.3. The van der Waals surface area contributed by atoms with E-state index in [1.807, 2.05) is 35.8 Å². The van der Waals surface area contributed by atoms with Crippen LogP contribution in [0.15, 0.2) is 52.8 Å². The van der Waals surface area contributed by atoms with Crippen molar-refractivity contribution in [3.63, 3.8) is 0 Å². The number of aromatic nitrogens is 1. The predicted molar refractivity (Wildman–Crippen MR) is 218 cm³/mol. The Kier molecular flexibility index (Phi) is 10.1. The van der Waals surface area contributed by atoms with Gasteiger partial charge < -0.3 is 28.6 Å². The molecule has 4 fully saturated rings. The second kappa shape index (κ2) is 15.2. The number of ether oxygens (including phenoxy) is 3. The van der Waals surface area contributed by atoms with Gasteiger partial charge in [0.2, 0.25) is 11.8 Å². The molecule has 3 saturated heterocycles. The third kappa shape index (κ3) is 7.23. The minimum Gasteiger partial charge on any atom is -0.496 e. The molecule has 57 heavy (non-hydrogen) atoms. The molecule has 300 valence electrons. The Morgan fingerprint density at radius 2 is 1.61 bits per heavy atom. The lowest BCUT2D eigenvalue weighted by Crippen LogP contribution is -2.52. The first-order valence-electron chi connectivity index (χ1n) is 20.3. The topological polar surface area (TPSA) is 123 Å². The molecule has 0 bridgehead atoms. The lowest BCUT2D eigenvalue weighted by molar-refractivity contribution is -0.136. The van der Waals surface area contributed by atoms with E-state index < -0.39 is 11.9 Å². The summed E-state index contributed by atoms with van der Waals surface area (Å²) in [6.07, 6.45) is 9.49. The minimum absolute atomic E-state index is 0.00809. The standard InChI is InChI=1S/C44H51N5O7S/c1-46-25-34(40-32(42(46)52)10-17-57-40)29-18-37(54-2)35(38(19-29)55-3)26-47-13-8-27(9-14-47)23-48-15-11-44(12-16-48)21-31(22-44)56-30-5-4-28-24-49(43(53)33(28)20-30)36-6-7-39(50)45-41(36)51/h4-5,10,17-20,25,27,31,36H,6-9,11-16,21-24,26H2,1-3H3,(H,45,50,51). The number of imide groups is 1. The SMILES string of the molecule is COc1cc(-c2cn(C)c(=O)c3ccsc23)cc(OC)c1CN1CCC(CN2CCC3(CC2)CC(Oc2ccc4c(c2)C(=O)N(C2CCC(=O)NC2=O)C4)C3)CC1. The van der Waals surface area contributed by atoms with E-state index in [0.29, 0.717) is 35.6 Å². The van der Waals surface area contributed by atoms with Crippen LogP contribution in [0.25, 0.3) is 21.2 Å². The molecule has 4 aliphatic heterocycles. The lowest BCUT2D eigenvalue weighted by Gasteiger charge is -2.52. The highest BCUT2D eigenvalue weighted by molar-refractivity contribution is 7.17. The van der Waals surface area contributed by atoms with Crippen molar-refractivity contribution in [3.05, 3.63) is 75.0 Å². The maximum Gasteiger partial charge on any atom is 0.259 e. The number of aryl methyl sites for hydroxylation is 1. The number of benzene rings is 2. The Bertz CT molecular complexity index is 2250. The van der Waals surface area contributed by atoms with Crippen LogP contribution in [-0.4, -0.2) is 96.1 Å². The van der Waals surface area contributed by atoms with Crippen LogP contribution in [0.3, 0.4) is 0 Å². The minimum atomic E-state index is -0.610. The van der Waals surface area contributed by atoms with Crippen LogP contribution in [0.2, 0.25) is 0 Å². The van der Waals surface area contributed by atoms with Crippen molar-refractivity contribution in [2.45, 2.75) is 76.6 Å². The van der Waals surface area contributed by atoms with Crippen LogP contribution in [0.1, 0.15) is 72.9 Å². The van der Waals surface area contributed by atoms with E-state index in [0.717, 1.165) is 95.9 Å². The molecular formula is C44H51N5O7S. The first kappa shape index (κ1) is 37.8. The van der Waals surface area contributed by atoms with Crippen molar-refractivity contribution in [1.29, 1.82) is 0 Å². The second-order valence-corrected chi connectivity index (χ2v) is 17.8. The van der Waals surface area contributed by atoms with Gasteiger partial charge in [0.15, 0.2) is 0 Å². The molecule has 9 rings (SSSR count). The summed E-state index contributed by atoms with van der Waals surface area (Å²) in [5.41, 5.74) is 4.87. The number of amides is 3. The van der Waals surface area contributed by atoms with Gasteiger partial charge in [0.1, 0.15) is 23.3 Å². The van der Waals surface area contributed by atoms with E-state index in [2.05, 4.69) is 27.2 Å². The first-order chi connectivity index (χ1) is 27.6. The van der Waals surface area contributed by atoms with Crippen molar-refractivity contribution < 1.29 is 28.6 Å². The molecule has 0 radical (unpaired) electrons. The number of nitrogens with one attached hydrogen (secondary N) is 1. The molecule has 3 amide bonds. The average molecular weight is 794 g/mol. The molecule has 1 saturated carbocycles. The predicted octanol–water partition coefficient (Wildman–Crippen LogP) is 5.58. The Morgan fingerprint density at radius 3 is 2.32 bits per heavy atom. The van der Waals surface area contributed by atoms with Crippen LogP contribution >= 0.6 is 11.3 Å². The zero-order valence-electron chi connectivity index (χ0n) is 33.0. The van der Waals surface area contributed by atoms with Crippen molar-refractivity contribution in [1.82, 2.24) is 24.6 Å². The largest absolute Gasteiger partial charge is 0.496 e. The molecule has 4 aromatic rings. The lowest BCUT2D eigenvalue weighted by atomic mass is 9.61. The normalized spacial score (nSPS) is 21.8. The van der Waals surface area contributed by atoms with Crippen molar-refractivity contribution in [3.8, 4) is 28.4 Å². The quantitative estimate of drug-likeness (QED) is 0.205. The molecule has 5 aliphatic rings. The van der Waals surface area contributed by atoms with Gasteiger partial charge in [-0.25, -0.2) is 0 Å². The summed E-state index contributed by atoms with van der Waals surface area (Å²) in [6.45, 7) is 6.63. The highest BCUT2D eigenvalue weighted by atomic mass is 32.1. The monoisotopic (exact) mass is 793 g/mol. The van der Waals surface area contributed by atoms with Gasteiger partial charge in [-0.2, -0.15) is 0 Å². The number of nitrogens with zero attached hydrogens (tertiary/aromatic N) is 4. The zero-order valence-corrected chi connectivity index (χ0v) is 33.8. The molecule has 1 atom stereocenters. The summed E-state index contributed by atoms with van der Waals surface area (Å²) in [4.78, 5) is 56.8. The number of pyridine rings is 1. The molecule has 1 aliphatic carbocycles. The van der Waals surface area contributed by atoms with Gasteiger partial charge in [-0.05, 0) is 129 Å². The highest BCUT2D eigenvalue weighted by Crippen LogP contribution is 2.51.